The number of hydrogen-bond acceptors (Lipinski definition) is 4. The largest absolute Gasteiger partial charge is 0.450 e. The fourth-order valence-corrected chi connectivity index (χ4v) is 2.63. The summed E-state index contributed by atoms with van der Waals surface area (Å²) >= 11 is 5.69. The molecule has 28 heavy (non-hydrogen) atoms. The van der Waals surface area contributed by atoms with Crippen LogP contribution < -0.4 is 16.6 Å². The minimum atomic E-state index is -5.03. The van der Waals surface area contributed by atoms with E-state index in [1.165, 1.54) is 6.92 Å². The molecule has 154 valence electrons. The molecule has 0 saturated carbocycles. The van der Waals surface area contributed by atoms with E-state index in [1.54, 1.807) is 5.32 Å². The van der Waals surface area contributed by atoms with Gasteiger partial charge < -0.3 is 4.74 Å². The van der Waals surface area contributed by atoms with Crippen LogP contribution in [0.3, 0.4) is 0 Å². The molecule has 1 aromatic rings. The van der Waals surface area contributed by atoms with Crippen molar-refractivity contribution >= 4 is 23.4 Å². The molecule has 0 bridgehead atoms. The molecule has 0 fully saturated rings. The van der Waals surface area contributed by atoms with Gasteiger partial charge in [0.2, 0.25) is 5.79 Å². The lowest BCUT2D eigenvalue weighted by Crippen LogP contribution is -2.52. The van der Waals surface area contributed by atoms with E-state index in [0.717, 1.165) is 0 Å². The molecule has 2 atom stereocenters. The topological polar surface area (TPSA) is 82.3 Å². The molecule has 1 heterocycles. The van der Waals surface area contributed by atoms with E-state index in [4.69, 9.17) is 11.6 Å². The minimum Gasteiger partial charge on any atom is -0.450 e. The first kappa shape index (κ1) is 21.7. The molecule has 0 aliphatic heterocycles. The van der Waals surface area contributed by atoms with E-state index < -0.39 is 51.9 Å². The second-order valence-corrected chi connectivity index (χ2v) is 6.07. The zero-order valence-electron chi connectivity index (χ0n) is 14.3. The Morgan fingerprint density at radius 3 is 2.54 bits per heavy atom. The SMILES string of the molecule is CCOC(=O)NC1(F)C=C(n2c(=O)cc(C(F)(F)F)n(C)c2=O)C(F)=CC1Cl. The number of amides is 1. The van der Waals surface area contributed by atoms with Crippen molar-refractivity contribution in [1.29, 1.82) is 0 Å². The normalized spacial score (nSPS) is 22.4. The van der Waals surface area contributed by atoms with Crippen molar-refractivity contribution in [3.8, 4) is 0 Å². The number of hydrogen-bond donors (Lipinski definition) is 1. The number of nitrogens with zero attached hydrogens (tertiary/aromatic N) is 2. The van der Waals surface area contributed by atoms with Gasteiger partial charge in [-0.1, -0.05) is 0 Å². The average Bonchev–Trinajstić information content (AvgIpc) is 2.55. The summed E-state index contributed by atoms with van der Waals surface area (Å²) in [5.74, 6) is -4.34. The first-order valence-corrected chi connectivity index (χ1v) is 8.04. The minimum absolute atomic E-state index is 0.00892. The van der Waals surface area contributed by atoms with Crippen molar-refractivity contribution in [1.82, 2.24) is 14.5 Å². The van der Waals surface area contributed by atoms with Crippen LogP contribution in [0, 0.1) is 0 Å². The Morgan fingerprint density at radius 1 is 1.39 bits per heavy atom. The van der Waals surface area contributed by atoms with Crippen LogP contribution >= 0.6 is 11.6 Å². The van der Waals surface area contributed by atoms with Crippen LogP contribution in [0.2, 0.25) is 0 Å². The lowest BCUT2D eigenvalue weighted by atomic mass is 10.0. The summed E-state index contributed by atoms with van der Waals surface area (Å²) in [7, 11) is 0.704. The summed E-state index contributed by atoms with van der Waals surface area (Å²) < 4.78 is 72.6. The van der Waals surface area contributed by atoms with Gasteiger partial charge >= 0.3 is 18.0 Å². The average molecular weight is 430 g/mol. The van der Waals surface area contributed by atoms with Gasteiger partial charge in [0.05, 0.1) is 12.3 Å². The molecule has 0 aromatic carbocycles. The highest BCUT2D eigenvalue weighted by Gasteiger charge is 2.43. The summed E-state index contributed by atoms with van der Waals surface area (Å²) in [5, 5.41) is -0.0928. The van der Waals surface area contributed by atoms with E-state index >= 15 is 4.39 Å². The molecule has 0 radical (unpaired) electrons. The van der Waals surface area contributed by atoms with Gasteiger partial charge in [0, 0.05) is 19.2 Å². The highest BCUT2D eigenvalue weighted by atomic mass is 35.5. The number of alkyl halides is 5. The zero-order valence-corrected chi connectivity index (χ0v) is 15.1. The molecule has 1 amide bonds. The molecule has 1 aliphatic rings. The fraction of sp³-hybridized carbons (Fsp3) is 0.400. The molecule has 2 rings (SSSR count). The maximum absolute atomic E-state index is 15.0. The van der Waals surface area contributed by atoms with E-state index in [0.29, 0.717) is 19.2 Å². The molecule has 0 spiro atoms. The Bertz CT molecular complexity index is 981. The first-order valence-electron chi connectivity index (χ1n) is 7.61. The highest BCUT2D eigenvalue weighted by Crippen LogP contribution is 2.34. The van der Waals surface area contributed by atoms with Crippen LogP contribution in [0.15, 0.2) is 33.6 Å². The number of halogens is 6. The quantitative estimate of drug-likeness (QED) is 0.454. The third kappa shape index (κ3) is 3.96. The zero-order chi connectivity index (χ0) is 21.4. The van der Waals surface area contributed by atoms with Crippen LogP contribution in [0.5, 0.6) is 0 Å². The maximum Gasteiger partial charge on any atom is 0.431 e. The van der Waals surface area contributed by atoms with Crippen molar-refractivity contribution in [2.24, 2.45) is 7.05 Å². The van der Waals surface area contributed by atoms with Gasteiger partial charge in [0.15, 0.2) is 0 Å². The number of nitrogens with one attached hydrogen (secondary N) is 1. The summed E-state index contributed by atoms with van der Waals surface area (Å²) in [6, 6.07) is 0.0565. The van der Waals surface area contributed by atoms with E-state index in [1.807, 2.05) is 0 Å². The second kappa shape index (κ2) is 7.41. The number of carbonyl (C=O) groups excluding carboxylic acids is 1. The van der Waals surface area contributed by atoms with Crippen molar-refractivity contribution in [3.63, 3.8) is 0 Å². The number of rotatable bonds is 3. The molecule has 1 N–H and O–H groups in total. The Balaban J connectivity index is 2.66. The summed E-state index contributed by atoms with van der Waals surface area (Å²) in [4.78, 5) is 35.8. The van der Waals surface area contributed by atoms with Gasteiger partial charge in [-0.3, -0.25) is 14.7 Å². The van der Waals surface area contributed by atoms with Gasteiger partial charge in [0.1, 0.15) is 16.9 Å². The van der Waals surface area contributed by atoms with Crippen LogP contribution in [-0.4, -0.2) is 33.0 Å². The molecule has 7 nitrogen and oxygen atoms in total. The van der Waals surface area contributed by atoms with Crippen LogP contribution in [-0.2, 0) is 18.0 Å². The third-order valence-electron chi connectivity index (χ3n) is 3.71. The predicted molar refractivity (Wildman–Crippen MR) is 88.0 cm³/mol. The van der Waals surface area contributed by atoms with Crippen molar-refractivity contribution in [2.75, 3.05) is 6.61 Å². The van der Waals surface area contributed by atoms with E-state index in [-0.39, 0.29) is 21.8 Å². The molecule has 2 unspecified atom stereocenters. The van der Waals surface area contributed by atoms with Gasteiger partial charge in [-0.2, -0.15) is 13.2 Å². The highest BCUT2D eigenvalue weighted by molar-refractivity contribution is 6.23. The molecule has 13 heteroatoms. The molecule has 1 aliphatic carbocycles. The first-order chi connectivity index (χ1) is 12.8. The van der Waals surface area contributed by atoms with Crippen LogP contribution in [0.25, 0.3) is 5.70 Å². The molecular formula is C15H13ClF5N3O4. The predicted octanol–water partition coefficient (Wildman–Crippen LogP) is 2.29. The molecule has 1 aromatic heterocycles. The summed E-state index contributed by atoms with van der Waals surface area (Å²) in [5.41, 5.74) is -5.74. The maximum atomic E-state index is 15.0. The van der Waals surface area contributed by atoms with Crippen molar-refractivity contribution in [2.45, 2.75) is 24.3 Å². The standard InChI is InChI=1S/C15H13ClF5N3O4/c1-3-28-12(26)22-14(18)6-8(7(17)4-9(14)16)24-11(25)5-10(15(19,20)21)23(2)13(24)27/h4-6,9H,3H2,1-2H3,(H,22,26). The Labute approximate surface area is 158 Å². The smallest absolute Gasteiger partial charge is 0.431 e. The lowest BCUT2D eigenvalue weighted by molar-refractivity contribution is -0.144. The van der Waals surface area contributed by atoms with Gasteiger partial charge in [-0.15, -0.1) is 11.6 Å². The third-order valence-corrected chi connectivity index (χ3v) is 4.15. The number of aromatic nitrogens is 2. The van der Waals surface area contributed by atoms with Gasteiger partial charge in [-0.25, -0.2) is 22.9 Å². The lowest BCUT2D eigenvalue weighted by Gasteiger charge is -2.30. The van der Waals surface area contributed by atoms with Gasteiger partial charge in [0.25, 0.3) is 5.56 Å². The summed E-state index contributed by atoms with van der Waals surface area (Å²) in [6.07, 6.45) is -5.54. The Hall–Kier alpha value is -2.63. The van der Waals surface area contributed by atoms with Crippen LogP contribution in [0.1, 0.15) is 12.6 Å². The van der Waals surface area contributed by atoms with Crippen molar-refractivity contribution in [3.05, 3.63) is 50.6 Å². The second-order valence-electron chi connectivity index (χ2n) is 5.60. The summed E-state index contributed by atoms with van der Waals surface area (Å²) in [6.45, 7) is 1.30. The van der Waals surface area contributed by atoms with E-state index in [2.05, 4.69) is 4.74 Å². The number of allylic oxidation sites excluding steroid dienone is 2. The van der Waals surface area contributed by atoms with Gasteiger partial charge in [-0.05, 0) is 13.0 Å². The Morgan fingerprint density at radius 2 is 2.00 bits per heavy atom. The fourth-order valence-electron chi connectivity index (χ4n) is 2.40. The Kier molecular flexibility index (Phi) is 5.74. The van der Waals surface area contributed by atoms with E-state index in [9.17, 15) is 31.9 Å². The molecule has 0 saturated heterocycles. The molecular weight excluding hydrogens is 417 g/mol. The van der Waals surface area contributed by atoms with Crippen LogP contribution in [0.4, 0.5) is 26.7 Å². The number of carbonyl (C=O) groups is 1. The number of ether oxygens (including phenoxy) is 1. The monoisotopic (exact) mass is 429 g/mol. The van der Waals surface area contributed by atoms with Crippen molar-refractivity contribution < 1.29 is 31.5 Å². The number of alkyl carbamates (subject to hydrolysis) is 1.